The van der Waals surface area contributed by atoms with Crippen LogP contribution in [0.3, 0.4) is 0 Å². The summed E-state index contributed by atoms with van der Waals surface area (Å²) in [7, 11) is 5.43. The lowest BCUT2D eigenvalue weighted by Gasteiger charge is -2.34. The van der Waals surface area contributed by atoms with Crippen molar-refractivity contribution in [2.45, 2.75) is 71.3 Å². The van der Waals surface area contributed by atoms with Gasteiger partial charge in [0.2, 0.25) is 5.91 Å². The first kappa shape index (κ1) is 28.8. The minimum atomic E-state index is -0.464. The number of carbonyl (C=O) groups is 2. The van der Waals surface area contributed by atoms with E-state index in [0.29, 0.717) is 12.5 Å². The summed E-state index contributed by atoms with van der Waals surface area (Å²) in [4.78, 5) is 33.0. The van der Waals surface area contributed by atoms with Crippen molar-refractivity contribution in [3.05, 3.63) is 0 Å². The predicted molar refractivity (Wildman–Crippen MR) is 140 cm³/mol. The molecule has 1 saturated heterocycles. The van der Waals surface area contributed by atoms with Gasteiger partial charge in [0.05, 0.1) is 5.41 Å². The number of nitrogens with one attached hydrogen (secondary N) is 2. The predicted octanol–water partition coefficient (Wildman–Crippen LogP) is 3.46. The van der Waals surface area contributed by atoms with Gasteiger partial charge in [-0.1, -0.05) is 12.8 Å². The van der Waals surface area contributed by atoms with Crippen molar-refractivity contribution in [2.24, 2.45) is 16.3 Å². The maximum Gasteiger partial charge on any atom is 0.410 e. The fourth-order valence-electron chi connectivity index (χ4n) is 4.65. The molecule has 1 unspecified atom stereocenters. The molecular formula is C23H44IN5O3. The Bertz CT molecular complexity index is 642. The Morgan fingerprint density at radius 3 is 2.38 bits per heavy atom. The molecular weight excluding hydrogens is 521 g/mol. The summed E-state index contributed by atoms with van der Waals surface area (Å²) in [6, 6.07) is 0. The number of aliphatic imine (C=N–C) groups is 1. The van der Waals surface area contributed by atoms with E-state index in [9.17, 15) is 9.59 Å². The molecule has 1 heterocycles. The highest BCUT2D eigenvalue weighted by atomic mass is 127. The van der Waals surface area contributed by atoms with Gasteiger partial charge in [-0.05, 0) is 58.8 Å². The molecule has 9 heteroatoms. The molecule has 1 atom stereocenters. The van der Waals surface area contributed by atoms with E-state index in [-0.39, 0.29) is 41.4 Å². The van der Waals surface area contributed by atoms with Crippen LogP contribution in [0.15, 0.2) is 4.99 Å². The first-order valence-corrected chi connectivity index (χ1v) is 11.7. The van der Waals surface area contributed by atoms with Crippen LogP contribution in [-0.4, -0.2) is 80.7 Å². The summed E-state index contributed by atoms with van der Waals surface area (Å²) < 4.78 is 5.52. The van der Waals surface area contributed by atoms with Crippen LogP contribution >= 0.6 is 24.0 Å². The molecule has 8 nitrogen and oxygen atoms in total. The number of piperidine rings is 1. The topological polar surface area (TPSA) is 86.3 Å². The summed E-state index contributed by atoms with van der Waals surface area (Å²) in [5, 5.41) is 6.77. The van der Waals surface area contributed by atoms with Crippen molar-refractivity contribution in [2.75, 3.05) is 47.3 Å². The minimum absolute atomic E-state index is 0. The maximum atomic E-state index is 12.7. The van der Waals surface area contributed by atoms with Crippen LogP contribution in [-0.2, 0) is 9.53 Å². The summed E-state index contributed by atoms with van der Waals surface area (Å²) in [5.74, 6) is 1.39. The quantitative estimate of drug-likeness (QED) is 0.293. The molecule has 0 aromatic heterocycles. The fourth-order valence-corrected chi connectivity index (χ4v) is 4.65. The molecule has 0 bridgehead atoms. The molecule has 2 aliphatic rings. The smallest absolute Gasteiger partial charge is 0.410 e. The molecule has 1 saturated carbocycles. The number of likely N-dealkylation sites (tertiary alicyclic amines) is 1. The van der Waals surface area contributed by atoms with Crippen LogP contribution in [0.25, 0.3) is 0 Å². The van der Waals surface area contributed by atoms with E-state index in [1.807, 2.05) is 39.8 Å². The Hall–Kier alpha value is -1.26. The third-order valence-electron chi connectivity index (χ3n) is 6.25. The Balaban J connectivity index is 0.00000512. The van der Waals surface area contributed by atoms with Gasteiger partial charge in [0, 0.05) is 47.3 Å². The molecule has 1 aliphatic heterocycles. The van der Waals surface area contributed by atoms with E-state index in [1.54, 1.807) is 11.9 Å². The lowest BCUT2D eigenvalue weighted by Crippen LogP contribution is -2.49. The average Bonchev–Trinajstić information content (AvgIpc) is 3.19. The van der Waals surface area contributed by atoms with E-state index in [4.69, 9.17) is 4.74 Å². The minimum Gasteiger partial charge on any atom is -0.444 e. The number of nitrogens with zero attached hydrogens (tertiary/aromatic N) is 3. The van der Waals surface area contributed by atoms with Crippen molar-refractivity contribution in [3.63, 3.8) is 0 Å². The molecule has 2 amide bonds. The molecule has 2 rings (SSSR count). The van der Waals surface area contributed by atoms with E-state index < -0.39 is 5.60 Å². The molecule has 0 aromatic carbocycles. The summed E-state index contributed by atoms with van der Waals surface area (Å²) in [5.41, 5.74) is -0.785. The van der Waals surface area contributed by atoms with Gasteiger partial charge in [-0.15, -0.1) is 24.0 Å². The van der Waals surface area contributed by atoms with Crippen molar-refractivity contribution >= 4 is 41.9 Å². The molecule has 186 valence electrons. The summed E-state index contributed by atoms with van der Waals surface area (Å²) >= 11 is 0. The summed E-state index contributed by atoms with van der Waals surface area (Å²) in [6.45, 7) is 8.60. The largest absolute Gasteiger partial charge is 0.444 e. The Kier molecular flexibility index (Phi) is 11.5. The third kappa shape index (κ3) is 8.59. The zero-order valence-corrected chi connectivity index (χ0v) is 23.2. The van der Waals surface area contributed by atoms with Crippen LogP contribution in [0, 0.1) is 11.3 Å². The van der Waals surface area contributed by atoms with Crippen LogP contribution < -0.4 is 10.6 Å². The Morgan fingerprint density at radius 1 is 1.16 bits per heavy atom. The van der Waals surface area contributed by atoms with Crippen LogP contribution in [0.4, 0.5) is 4.79 Å². The molecule has 2 fully saturated rings. The van der Waals surface area contributed by atoms with Gasteiger partial charge in [-0.25, -0.2) is 4.79 Å². The van der Waals surface area contributed by atoms with E-state index in [2.05, 4.69) is 15.6 Å². The highest BCUT2D eigenvalue weighted by molar-refractivity contribution is 14.0. The van der Waals surface area contributed by atoms with Gasteiger partial charge in [0.1, 0.15) is 5.60 Å². The lowest BCUT2D eigenvalue weighted by atomic mass is 9.84. The molecule has 2 N–H and O–H groups in total. The van der Waals surface area contributed by atoms with Crippen molar-refractivity contribution < 1.29 is 14.3 Å². The molecule has 32 heavy (non-hydrogen) atoms. The number of rotatable bonds is 6. The van der Waals surface area contributed by atoms with Crippen LogP contribution in [0.1, 0.15) is 65.7 Å². The highest BCUT2D eigenvalue weighted by Crippen LogP contribution is 2.38. The van der Waals surface area contributed by atoms with Crippen LogP contribution in [0.2, 0.25) is 0 Å². The third-order valence-corrected chi connectivity index (χ3v) is 6.25. The van der Waals surface area contributed by atoms with Gasteiger partial charge >= 0.3 is 6.09 Å². The summed E-state index contributed by atoms with van der Waals surface area (Å²) in [6.07, 6.45) is 6.93. The molecule has 0 aromatic rings. The second kappa shape index (κ2) is 12.8. The first-order chi connectivity index (χ1) is 14.6. The van der Waals surface area contributed by atoms with E-state index >= 15 is 0 Å². The van der Waals surface area contributed by atoms with Gasteiger partial charge in [0.25, 0.3) is 0 Å². The van der Waals surface area contributed by atoms with Gasteiger partial charge < -0.3 is 25.2 Å². The van der Waals surface area contributed by atoms with Gasteiger partial charge in [0.15, 0.2) is 5.96 Å². The first-order valence-electron chi connectivity index (χ1n) is 11.7. The van der Waals surface area contributed by atoms with Crippen molar-refractivity contribution in [3.8, 4) is 0 Å². The SMILES string of the molecule is CN=C(NCCC1CCCN(C(=O)OC(C)(C)C)C1)NCC1(C(=O)N(C)C)CCCC1.I. The van der Waals surface area contributed by atoms with E-state index in [1.165, 1.54) is 0 Å². The van der Waals surface area contributed by atoms with Gasteiger partial charge in [-0.3, -0.25) is 9.79 Å². The van der Waals surface area contributed by atoms with Crippen molar-refractivity contribution in [1.29, 1.82) is 0 Å². The second-order valence-electron chi connectivity index (χ2n) is 10.3. The molecule has 0 spiro atoms. The monoisotopic (exact) mass is 565 g/mol. The van der Waals surface area contributed by atoms with Crippen LogP contribution in [0.5, 0.6) is 0 Å². The number of hydrogen-bond acceptors (Lipinski definition) is 4. The number of hydrogen-bond donors (Lipinski definition) is 2. The van der Waals surface area contributed by atoms with Gasteiger partial charge in [-0.2, -0.15) is 0 Å². The second-order valence-corrected chi connectivity index (χ2v) is 10.3. The number of amides is 2. The fraction of sp³-hybridized carbons (Fsp3) is 0.870. The normalized spacial score (nSPS) is 20.9. The Labute approximate surface area is 211 Å². The zero-order chi connectivity index (χ0) is 23.1. The van der Waals surface area contributed by atoms with Crippen molar-refractivity contribution in [1.82, 2.24) is 20.4 Å². The standard InChI is InChI=1S/C23H43N5O3.HI/c1-22(2,3)31-21(30)28-15-9-10-18(16-28)11-14-25-20(24-4)26-17-23(12-7-8-13-23)19(29)27(5)6;/h18H,7-17H2,1-6H3,(H2,24,25,26);1H. The highest BCUT2D eigenvalue weighted by Gasteiger charge is 2.42. The number of carbonyl (C=O) groups excluding carboxylic acids is 2. The number of halogens is 1. The number of guanidine groups is 1. The van der Waals surface area contributed by atoms with E-state index in [0.717, 1.165) is 70.5 Å². The maximum absolute atomic E-state index is 12.7. The lowest BCUT2D eigenvalue weighted by molar-refractivity contribution is -0.138. The average molecular weight is 566 g/mol. The Morgan fingerprint density at radius 2 is 1.81 bits per heavy atom. The number of ether oxygens (including phenoxy) is 1. The molecule has 0 radical (unpaired) electrons. The molecule has 1 aliphatic carbocycles. The zero-order valence-electron chi connectivity index (χ0n) is 20.8.